The average Bonchev–Trinajstić information content (AvgIpc) is 2.73. The molecule has 0 radical (unpaired) electrons. The van der Waals surface area contributed by atoms with Gasteiger partial charge >= 0.3 is 0 Å². The van der Waals surface area contributed by atoms with Crippen LogP contribution in [0.3, 0.4) is 0 Å². The number of nitrogens with two attached hydrogens (primary N) is 1. The van der Waals surface area contributed by atoms with Gasteiger partial charge in [-0.3, -0.25) is 4.79 Å². The van der Waals surface area contributed by atoms with Gasteiger partial charge < -0.3 is 10.2 Å². The third-order valence-electron chi connectivity index (χ3n) is 5.13. The van der Waals surface area contributed by atoms with Crippen molar-refractivity contribution in [2.24, 2.45) is 11.1 Å². The lowest BCUT2D eigenvalue weighted by Gasteiger charge is -2.31. The molecule has 1 saturated heterocycles. The van der Waals surface area contributed by atoms with Gasteiger partial charge in [0, 0.05) is 25.0 Å². The molecule has 1 amide bonds. The molecule has 30 heavy (non-hydrogen) atoms. The zero-order valence-corrected chi connectivity index (χ0v) is 17.3. The monoisotopic (exact) mass is 424 g/mol. The van der Waals surface area contributed by atoms with Crippen LogP contribution in [0.2, 0.25) is 0 Å². The van der Waals surface area contributed by atoms with Gasteiger partial charge in [-0.05, 0) is 55.0 Å². The Morgan fingerprint density at radius 2 is 1.77 bits per heavy atom. The minimum Gasteiger partial charge on any atom is -0.376 e. The Morgan fingerprint density at radius 3 is 2.33 bits per heavy atom. The number of carbonyl (C=O) groups is 1. The maximum absolute atomic E-state index is 12.4. The van der Waals surface area contributed by atoms with Gasteiger partial charge in [0.25, 0.3) is 5.91 Å². The molecule has 0 bridgehead atoms. The number of nitriles is 1. The number of primary sulfonamides is 1. The largest absolute Gasteiger partial charge is 0.376 e. The third kappa shape index (κ3) is 5.92. The van der Waals surface area contributed by atoms with Crippen LogP contribution in [0.25, 0.3) is 0 Å². The molecule has 3 rings (SSSR count). The molecule has 156 valence electrons. The molecule has 0 spiro atoms. The first kappa shape index (κ1) is 21.6. The molecule has 7 nitrogen and oxygen atoms in total. The summed E-state index contributed by atoms with van der Waals surface area (Å²) in [5.74, 6) is 0.0565. The number of nitrogens with zero attached hydrogens (tertiary/aromatic N) is 2. The van der Waals surface area contributed by atoms with E-state index in [-0.39, 0.29) is 10.5 Å². The number of sulfonamides is 1. The van der Waals surface area contributed by atoms with Crippen LogP contribution in [0.5, 0.6) is 0 Å². The van der Waals surface area contributed by atoms with Crippen LogP contribution in [0.15, 0.2) is 71.3 Å². The molecule has 3 N–H and O–H groups in total. The van der Waals surface area contributed by atoms with Crippen LogP contribution in [0, 0.1) is 17.2 Å². The highest BCUT2D eigenvalue weighted by atomic mass is 32.2. The van der Waals surface area contributed by atoms with Crippen LogP contribution in [-0.4, -0.2) is 32.3 Å². The Balaban J connectivity index is 1.56. The normalized spacial score (nSPS) is 15.5. The zero-order chi connectivity index (χ0) is 21.6. The predicted octanol–water partition coefficient (Wildman–Crippen LogP) is 2.63. The molecular formula is C22H24N4O3S. The van der Waals surface area contributed by atoms with Crippen molar-refractivity contribution < 1.29 is 13.2 Å². The Hall–Kier alpha value is -3.15. The maximum atomic E-state index is 12.4. The summed E-state index contributed by atoms with van der Waals surface area (Å²) in [5.41, 5.74) is 1.72. The van der Waals surface area contributed by atoms with Crippen molar-refractivity contribution in [1.82, 2.24) is 4.90 Å². The quantitative estimate of drug-likeness (QED) is 0.546. The van der Waals surface area contributed by atoms with E-state index in [9.17, 15) is 18.5 Å². The second-order valence-corrected chi connectivity index (χ2v) is 8.91. The van der Waals surface area contributed by atoms with Crippen molar-refractivity contribution in [3.8, 4) is 6.07 Å². The van der Waals surface area contributed by atoms with Crippen molar-refractivity contribution in [1.29, 1.82) is 5.26 Å². The SMILES string of the molecule is N#C/C(=C/N1CCC(Cc2ccccc2)CC1)C(=O)Nc1ccc(S(N)(=O)=O)cc1. The van der Waals surface area contributed by atoms with E-state index in [0.29, 0.717) is 11.6 Å². The summed E-state index contributed by atoms with van der Waals surface area (Å²) in [6.45, 7) is 1.58. The molecule has 8 heteroatoms. The molecule has 1 heterocycles. The highest BCUT2D eigenvalue weighted by molar-refractivity contribution is 7.89. The fourth-order valence-corrected chi connectivity index (χ4v) is 4.00. The van der Waals surface area contributed by atoms with Crippen LogP contribution >= 0.6 is 0 Å². The first-order valence-electron chi connectivity index (χ1n) is 9.69. The Bertz CT molecular complexity index is 1050. The van der Waals surface area contributed by atoms with E-state index >= 15 is 0 Å². The zero-order valence-electron chi connectivity index (χ0n) is 16.5. The summed E-state index contributed by atoms with van der Waals surface area (Å²) in [7, 11) is -3.80. The fraction of sp³-hybridized carbons (Fsp3) is 0.273. The standard InChI is InChI=1S/C22H24N4O3S/c23-15-19(22(27)25-20-6-8-21(9-7-20)30(24,28)29)16-26-12-10-18(11-13-26)14-17-4-2-1-3-5-17/h1-9,16,18H,10-14H2,(H,25,27)(H2,24,28,29)/b19-16-. The lowest BCUT2D eigenvalue weighted by atomic mass is 9.90. The lowest BCUT2D eigenvalue weighted by molar-refractivity contribution is -0.112. The number of rotatable bonds is 6. The number of piperidine rings is 1. The molecule has 2 aromatic carbocycles. The first-order chi connectivity index (χ1) is 14.3. The van der Waals surface area contributed by atoms with Crippen molar-refractivity contribution in [2.75, 3.05) is 18.4 Å². The number of hydrogen-bond donors (Lipinski definition) is 2. The number of benzene rings is 2. The number of anilines is 1. The third-order valence-corrected chi connectivity index (χ3v) is 6.06. The van der Waals surface area contributed by atoms with Gasteiger partial charge in [-0.15, -0.1) is 0 Å². The van der Waals surface area contributed by atoms with Crippen LogP contribution in [0.4, 0.5) is 5.69 Å². The van der Waals surface area contributed by atoms with E-state index < -0.39 is 15.9 Å². The first-order valence-corrected chi connectivity index (χ1v) is 11.2. The molecule has 1 fully saturated rings. The topological polar surface area (TPSA) is 116 Å². The van der Waals surface area contributed by atoms with Crippen LogP contribution in [-0.2, 0) is 21.2 Å². The highest BCUT2D eigenvalue weighted by Gasteiger charge is 2.19. The molecule has 1 aliphatic rings. The number of carbonyl (C=O) groups excluding carboxylic acids is 1. The number of hydrogen-bond acceptors (Lipinski definition) is 5. The van der Waals surface area contributed by atoms with Gasteiger partial charge in [-0.2, -0.15) is 5.26 Å². The molecule has 0 atom stereocenters. The molecule has 0 unspecified atom stereocenters. The molecule has 0 aromatic heterocycles. The van der Waals surface area contributed by atoms with Crippen molar-refractivity contribution in [3.63, 3.8) is 0 Å². The Labute approximate surface area is 176 Å². The number of nitrogens with one attached hydrogen (secondary N) is 1. The average molecular weight is 425 g/mol. The second-order valence-electron chi connectivity index (χ2n) is 7.35. The molecule has 2 aromatic rings. The van der Waals surface area contributed by atoms with Crippen molar-refractivity contribution in [3.05, 3.63) is 71.9 Å². The van der Waals surface area contributed by atoms with E-state index in [0.717, 1.165) is 32.4 Å². The second kappa shape index (κ2) is 9.57. The number of amides is 1. The van der Waals surface area contributed by atoms with Crippen molar-refractivity contribution in [2.45, 2.75) is 24.2 Å². The predicted molar refractivity (Wildman–Crippen MR) is 115 cm³/mol. The number of likely N-dealkylation sites (tertiary alicyclic amines) is 1. The highest BCUT2D eigenvalue weighted by Crippen LogP contribution is 2.22. The minimum absolute atomic E-state index is 0.00651. The summed E-state index contributed by atoms with van der Waals surface area (Å²) in [6.07, 6.45) is 4.65. The Kier molecular flexibility index (Phi) is 6.87. The van der Waals surface area contributed by atoms with E-state index in [4.69, 9.17) is 5.14 Å². The molecule has 0 saturated carbocycles. The smallest absolute Gasteiger partial charge is 0.267 e. The van der Waals surface area contributed by atoms with E-state index in [1.54, 1.807) is 6.20 Å². The molecule has 0 aliphatic carbocycles. The van der Waals surface area contributed by atoms with E-state index in [2.05, 4.69) is 17.4 Å². The minimum atomic E-state index is -3.80. The summed E-state index contributed by atoms with van der Waals surface area (Å²) >= 11 is 0. The van der Waals surface area contributed by atoms with Gasteiger partial charge in [0.05, 0.1) is 4.90 Å². The van der Waals surface area contributed by atoms with Gasteiger partial charge in [-0.1, -0.05) is 30.3 Å². The summed E-state index contributed by atoms with van der Waals surface area (Å²) in [4.78, 5) is 14.4. The fourth-order valence-electron chi connectivity index (χ4n) is 3.48. The van der Waals surface area contributed by atoms with Crippen LogP contribution < -0.4 is 10.5 Å². The van der Waals surface area contributed by atoms with Gasteiger partial charge in [0.2, 0.25) is 10.0 Å². The van der Waals surface area contributed by atoms with Crippen LogP contribution in [0.1, 0.15) is 18.4 Å². The van der Waals surface area contributed by atoms with E-state index in [1.807, 2.05) is 29.2 Å². The summed E-state index contributed by atoms with van der Waals surface area (Å²) in [6, 6.07) is 17.8. The lowest BCUT2D eigenvalue weighted by Crippen LogP contribution is -2.31. The van der Waals surface area contributed by atoms with Gasteiger partial charge in [0.15, 0.2) is 0 Å². The van der Waals surface area contributed by atoms with E-state index in [1.165, 1.54) is 29.8 Å². The molecular weight excluding hydrogens is 400 g/mol. The summed E-state index contributed by atoms with van der Waals surface area (Å²) in [5, 5.41) is 17.1. The Morgan fingerprint density at radius 1 is 1.13 bits per heavy atom. The molecule has 1 aliphatic heterocycles. The van der Waals surface area contributed by atoms with Gasteiger partial charge in [0.1, 0.15) is 11.6 Å². The summed E-state index contributed by atoms with van der Waals surface area (Å²) < 4.78 is 22.6. The van der Waals surface area contributed by atoms with Crippen molar-refractivity contribution >= 4 is 21.6 Å². The van der Waals surface area contributed by atoms with Gasteiger partial charge in [-0.25, -0.2) is 13.6 Å². The maximum Gasteiger partial charge on any atom is 0.267 e.